The van der Waals surface area contributed by atoms with Gasteiger partial charge in [-0.25, -0.2) is 0 Å². The summed E-state index contributed by atoms with van der Waals surface area (Å²) in [6.07, 6.45) is 0. The minimum absolute atomic E-state index is 0.501. The van der Waals surface area contributed by atoms with E-state index >= 15 is 0 Å². The van der Waals surface area contributed by atoms with Crippen molar-refractivity contribution in [2.75, 3.05) is 6.66 Å². The Labute approximate surface area is 37.4 Å². The van der Waals surface area contributed by atoms with Crippen molar-refractivity contribution < 1.29 is 5.53 Å². The van der Waals surface area contributed by atoms with Crippen LogP contribution in [0.2, 0.25) is 0 Å². The third kappa shape index (κ3) is 4.38. The molecule has 0 aliphatic heterocycles. The van der Waals surface area contributed by atoms with E-state index in [1.54, 1.807) is 0 Å². The molecule has 0 aliphatic carbocycles. The lowest BCUT2D eigenvalue weighted by Crippen LogP contribution is -2.21. The van der Waals surface area contributed by atoms with Gasteiger partial charge in [0.15, 0.2) is 0 Å². The van der Waals surface area contributed by atoms with Crippen molar-refractivity contribution in [3.8, 4) is 0 Å². The summed E-state index contributed by atoms with van der Waals surface area (Å²) in [5, 5.41) is 0. The van der Waals surface area contributed by atoms with E-state index in [0.717, 1.165) is 0 Å². The monoisotopic (exact) mass is 109 g/mol. The Morgan fingerprint density at radius 2 is 2.20 bits per heavy atom. The fourth-order valence-corrected chi connectivity index (χ4v) is 0. The highest BCUT2D eigenvalue weighted by atomic mass is 32.7. The van der Waals surface area contributed by atoms with Gasteiger partial charge in [0.25, 0.3) is 0 Å². The van der Waals surface area contributed by atoms with Crippen LogP contribution in [0.1, 0.15) is 0 Å². The van der Waals surface area contributed by atoms with E-state index in [9.17, 15) is 0 Å². The standard InChI is InChI=1S/CH5N2PS/c1-4(5)3-2/h2,5H,1H3/p+1. The number of nitrogens with zero attached hydrogens (tertiary/aromatic N) is 1. The zero-order valence-electron chi connectivity index (χ0n) is 2.92. The zero-order valence-corrected chi connectivity index (χ0v) is 4.71. The molecule has 2 nitrogen and oxygen atoms in total. The molecule has 0 aromatic carbocycles. The molecular formula is CH6N2PS+. The zero-order chi connectivity index (χ0) is 4.28. The van der Waals surface area contributed by atoms with Crippen molar-refractivity contribution in [1.82, 2.24) is 0 Å². The van der Waals surface area contributed by atoms with Crippen LogP contribution in [0.15, 0.2) is 4.88 Å². The van der Waals surface area contributed by atoms with Crippen LogP contribution in [0.5, 0.6) is 0 Å². The highest BCUT2D eigenvalue weighted by Gasteiger charge is 1.83. The Hall–Kier alpha value is 0.380. The summed E-state index contributed by atoms with van der Waals surface area (Å²) in [7, 11) is -0.501. The molecule has 5 heavy (non-hydrogen) atoms. The molecule has 0 heterocycles. The molecule has 0 bridgehead atoms. The molecule has 0 aliphatic rings. The van der Waals surface area contributed by atoms with Crippen LogP contribution in [-0.4, -0.2) is 6.66 Å². The van der Waals surface area contributed by atoms with E-state index in [0.29, 0.717) is 0 Å². The van der Waals surface area contributed by atoms with Gasteiger partial charge in [-0.1, -0.05) is 0 Å². The van der Waals surface area contributed by atoms with Gasteiger partial charge in [-0.05, 0) is 11.5 Å². The van der Waals surface area contributed by atoms with Gasteiger partial charge in [0.05, 0.1) is 0 Å². The number of rotatable bonds is 1. The highest BCUT2D eigenvalue weighted by molar-refractivity contribution is 8.44. The minimum atomic E-state index is -0.501. The van der Waals surface area contributed by atoms with E-state index in [2.05, 4.69) is 17.1 Å². The van der Waals surface area contributed by atoms with Crippen LogP contribution in [0, 0.1) is 0 Å². The van der Waals surface area contributed by atoms with Crippen LogP contribution in [0.4, 0.5) is 0 Å². The first kappa shape index (κ1) is 5.38. The summed E-state index contributed by atoms with van der Waals surface area (Å²) >= 11 is 3.87. The minimum Gasteiger partial charge on any atom is -0.153 e. The van der Waals surface area contributed by atoms with Crippen molar-refractivity contribution in [1.29, 1.82) is 0 Å². The quantitative estimate of drug-likeness (QED) is 0.272. The second-order valence-corrected chi connectivity index (χ2v) is 3.55. The lowest BCUT2D eigenvalue weighted by Gasteiger charge is -1.75. The first-order valence-electron chi connectivity index (χ1n) is 1.11. The molecule has 30 valence electrons. The van der Waals surface area contributed by atoms with E-state index in [1.165, 1.54) is 0 Å². The fraction of sp³-hybridized carbons (Fsp3) is 1.00. The van der Waals surface area contributed by atoms with Gasteiger partial charge in [0.2, 0.25) is 0 Å². The normalized spacial score (nSPS) is 14.0. The van der Waals surface area contributed by atoms with Crippen LogP contribution in [0.25, 0.3) is 0 Å². The van der Waals surface area contributed by atoms with Gasteiger partial charge in [-0.15, -0.1) is 12.2 Å². The molecule has 0 saturated heterocycles. The molecule has 1 unspecified atom stereocenters. The summed E-state index contributed by atoms with van der Waals surface area (Å²) in [6, 6.07) is 0. The molecule has 0 saturated carbocycles. The summed E-state index contributed by atoms with van der Waals surface area (Å²) in [6.45, 7) is 1.86. The van der Waals surface area contributed by atoms with E-state index in [4.69, 9.17) is 5.53 Å². The third-order valence-electron chi connectivity index (χ3n) is 0.167. The van der Waals surface area contributed by atoms with Crippen molar-refractivity contribution in [3.63, 3.8) is 0 Å². The molecule has 0 rings (SSSR count). The molecule has 1 atom stereocenters. The van der Waals surface area contributed by atoms with Crippen molar-refractivity contribution in [2.24, 2.45) is 4.88 Å². The van der Waals surface area contributed by atoms with E-state index < -0.39 is 7.27 Å². The van der Waals surface area contributed by atoms with Crippen LogP contribution < -0.4 is 5.53 Å². The Bertz CT molecular complexity index is 36.6. The number of nitrogens with two attached hydrogens (primary N) is 1. The molecule has 0 spiro atoms. The van der Waals surface area contributed by atoms with Gasteiger partial charge >= 0.3 is 0 Å². The summed E-state index contributed by atoms with van der Waals surface area (Å²) in [5.41, 5.74) is 4.75. The molecule has 0 radical (unpaired) electrons. The predicted octanol–water partition coefficient (Wildman–Crippen LogP) is 0.0692. The van der Waals surface area contributed by atoms with Crippen LogP contribution in [-0.2, 0) is 0 Å². The van der Waals surface area contributed by atoms with Crippen molar-refractivity contribution >= 4 is 19.5 Å². The maximum Gasteiger partial charge on any atom is 0.142 e. The molecule has 0 aromatic rings. The smallest absolute Gasteiger partial charge is 0.142 e. The summed E-state index contributed by atoms with van der Waals surface area (Å²) in [5.74, 6) is 0. The Kier molecular flexibility index (Phi) is 2.81. The van der Waals surface area contributed by atoms with E-state index in [-0.39, 0.29) is 0 Å². The number of hydrogen-bond acceptors (Lipinski definition) is 2. The average molecular weight is 109 g/mol. The van der Waals surface area contributed by atoms with Crippen molar-refractivity contribution in [2.45, 2.75) is 0 Å². The van der Waals surface area contributed by atoms with Gasteiger partial charge in [0, 0.05) is 0 Å². The second kappa shape index (κ2) is 2.61. The third-order valence-corrected chi connectivity index (χ3v) is 0.811. The fourth-order valence-electron chi connectivity index (χ4n) is 0. The van der Waals surface area contributed by atoms with Gasteiger partial charge in [-0.3, -0.25) is 0 Å². The van der Waals surface area contributed by atoms with Gasteiger partial charge < -0.3 is 0 Å². The van der Waals surface area contributed by atoms with Crippen LogP contribution >= 0.6 is 19.5 Å². The van der Waals surface area contributed by atoms with E-state index in [1.807, 2.05) is 6.66 Å². The van der Waals surface area contributed by atoms with Gasteiger partial charge in [0.1, 0.15) is 7.27 Å². The highest BCUT2D eigenvalue weighted by Crippen LogP contribution is 2.34. The molecule has 0 aromatic heterocycles. The lowest BCUT2D eigenvalue weighted by atomic mass is 12.0. The SMILES string of the molecule is CP(S)N=[NH2+]. The lowest BCUT2D eigenvalue weighted by molar-refractivity contribution is -0.202. The first-order valence-corrected chi connectivity index (χ1v) is 4.00. The molecule has 2 N–H and O–H groups in total. The number of hydrogen-bond donors (Lipinski definition) is 2. The first-order chi connectivity index (χ1) is 2.27. The van der Waals surface area contributed by atoms with Crippen molar-refractivity contribution in [3.05, 3.63) is 0 Å². The van der Waals surface area contributed by atoms with Crippen LogP contribution in [0.3, 0.4) is 0 Å². The Morgan fingerprint density at radius 3 is 2.20 bits per heavy atom. The largest absolute Gasteiger partial charge is 0.153 e. The Morgan fingerprint density at radius 1 is 2.00 bits per heavy atom. The Balaban J connectivity index is 2.83. The molecular weight excluding hydrogens is 103 g/mol. The van der Waals surface area contributed by atoms with Gasteiger partial charge in [-0.2, -0.15) is 5.53 Å². The number of thiol groups is 1. The topological polar surface area (TPSA) is 38.0 Å². The maximum atomic E-state index is 4.75. The molecule has 4 heteroatoms. The molecule has 0 amide bonds. The predicted molar refractivity (Wildman–Crippen MR) is 26.2 cm³/mol. The summed E-state index contributed by atoms with van der Waals surface area (Å²) in [4.78, 5) is 3.32. The maximum absolute atomic E-state index is 4.75. The molecule has 0 fully saturated rings. The summed E-state index contributed by atoms with van der Waals surface area (Å²) < 4.78 is 0. The second-order valence-electron chi connectivity index (χ2n) is 0.605. The average Bonchev–Trinajstić information content (AvgIpc) is 1.38.